The highest BCUT2D eigenvalue weighted by Gasteiger charge is 2.31. The molecule has 0 bridgehead atoms. The van der Waals surface area contributed by atoms with Gasteiger partial charge in [0.25, 0.3) is 5.91 Å². The van der Waals surface area contributed by atoms with Gasteiger partial charge < -0.3 is 19.9 Å². The molecule has 0 aliphatic carbocycles. The van der Waals surface area contributed by atoms with Crippen molar-refractivity contribution in [3.05, 3.63) is 59.0 Å². The fourth-order valence-electron chi connectivity index (χ4n) is 3.47. The summed E-state index contributed by atoms with van der Waals surface area (Å²) in [6.07, 6.45) is -5.03. The number of benzene rings is 2. The van der Waals surface area contributed by atoms with E-state index >= 15 is 0 Å². The van der Waals surface area contributed by atoms with Crippen LogP contribution >= 0.6 is 0 Å². The molecule has 0 radical (unpaired) electrons. The van der Waals surface area contributed by atoms with Gasteiger partial charge >= 0.3 is 6.36 Å². The summed E-state index contributed by atoms with van der Waals surface area (Å²) in [4.78, 5) is 25.5. The lowest BCUT2D eigenvalue weighted by molar-refractivity contribution is -0.274. The number of ether oxygens (including phenoxy) is 2. The molecule has 3 aromatic rings. The molecule has 0 aliphatic heterocycles. The third-order valence-electron chi connectivity index (χ3n) is 4.92. The van der Waals surface area contributed by atoms with Crippen molar-refractivity contribution in [3.63, 3.8) is 0 Å². The van der Waals surface area contributed by atoms with Crippen LogP contribution in [0.1, 0.15) is 21.6 Å². The molecule has 176 valence electrons. The quantitative estimate of drug-likeness (QED) is 0.520. The zero-order valence-electron chi connectivity index (χ0n) is 17.6. The van der Waals surface area contributed by atoms with Crippen molar-refractivity contribution in [2.24, 2.45) is 0 Å². The molecule has 11 heteroatoms. The second-order valence-electron chi connectivity index (χ2n) is 7.03. The Balaban J connectivity index is 2.08. The van der Waals surface area contributed by atoms with Gasteiger partial charge in [-0.15, -0.1) is 13.2 Å². The third kappa shape index (κ3) is 5.25. The number of hydrogen-bond donors (Lipinski definition) is 2. The van der Waals surface area contributed by atoms with Crippen LogP contribution in [-0.2, 0) is 11.2 Å². The summed E-state index contributed by atoms with van der Waals surface area (Å²) in [6, 6.07) is 6.76. The van der Waals surface area contributed by atoms with Crippen molar-refractivity contribution in [1.29, 1.82) is 0 Å². The van der Waals surface area contributed by atoms with Gasteiger partial charge in [0.05, 0.1) is 25.7 Å². The molecule has 0 atom stereocenters. The first-order valence-electron chi connectivity index (χ1n) is 9.71. The van der Waals surface area contributed by atoms with Crippen LogP contribution in [0.4, 0.5) is 17.6 Å². The first-order chi connectivity index (χ1) is 15.6. The number of nitrogens with zero attached hydrogens (tertiary/aromatic N) is 1. The average Bonchev–Trinajstić information content (AvgIpc) is 3.00. The van der Waals surface area contributed by atoms with Crippen molar-refractivity contribution in [3.8, 4) is 11.5 Å². The van der Waals surface area contributed by atoms with E-state index in [0.29, 0.717) is 16.6 Å². The molecular formula is C22H20F4N2O5. The molecule has 33 heavy (non-hydrogen) atoms. The number of alkyl halides is 3. The SMILES string of the molecule is COc1cc2c(CC(=O)NCCO)c(C)n(C(=O)c3ccc(OC(F)(F)F)cc3)c2cc1F. The maximum Gasteiger partial charge on any atom is 0.573 e. The number of aliphatic hydroxyl groups is 1. The largest absolute Gasteiger partial charge is 0.573 e. The molecule has 1 amide bonds. The average molecular weight is 468 g/mol. The van der Waals surface area contributed by atoms with Gasteiger partial charge in [-0.1, -0.05) is 0 Å². The minimum Gasteiger partial charge on any atom is -0.494 e. The zero-order chi connectivity index (χ0) is 24.3. The van der Waals surface area contributed by atoms with E-state index in [9.17, 15) is 27.2 Å². The third-order valence-corrected chi connectivity index (χ3v) is 4.92. The minimum atomic E-state index is -4.87. The van der Waals surface area contributed by atoms with Gasteiger partial charge in [-0.25, -0.2) is 4.39 Å². The van der Waals surface area contributed by atoms with Crippen LogP contribution in [0.15, 0.2) is 36.4 Å². The zero-order valence-corrected chi connectivity index (χ0v) is 17.6. The number of hydrogen-bond acceptors (Lipinski definition) is 5. The van der Waals surface area contributed by atoms with Crippen molar-refractivity contribution >= 4 is 22.7 Å². The normalized spacial score (nSPS) is 11.5. The van der Waals surface area contributed by atoms with Gasteiger partial charge in [-0.3, -0.25) is 14.2 Å². The Morgan fingerprint density at radius 3 is 2.39 bits per heavy atom. The van der Waals surface area contributed by atoms with Gasteiger partial charge in [0, 0.05) is 29.3 Å². The molecule has 2 aromatic carbocycles. The van der Waals surface area contributed by atoms with Crippen LogP contribution in [0.25, 0.3) is 10.9 Å². The second kappa shape index (κ2) is 9.49. The number of nitrogens with one attached hydrogen (secondary N) is 1. The van der Waals surface area contributed by atoms with E-state index in [1.54, 1.807) is 6.92 Å². The van der Waals surface area contributed by atoms with Crippen LogP contribution in [0, 0.1) is 12.7 Å². The van der Waals surface area contributed by atoms with E-state index < -0.39 is 29.7 Å². The molecule has 0 aliphatic rings. The number of rotatable bonds is 7. The maximum atomic E-state index is 14.5. The maximum absolute atomic E-state index is 14.5. The van der Waals surface area contributed by atoms with Gasteiger partial charge in [0.1, 0.15) is 5.75 Å². The Labute approximate surface area is 185 Å². The molecule has 0 spiro atoms. The molecule has 1 heterocycles. The monoisotopic (exact) mass is 468 g/mol. The van der Waals surface area contributed by atoms with E-state index in [1.807, 2.05) is 0 Å². The lowest BCUT2D eigenvalue weighted by Gasteiger charge is -2.11. The van der Waals surface area contributed by atoms with E-state index in [-0.39, 0.29) is 36.4 Å². The number of fused-ring (bicyclic) bond motifs is 1. The Kier molecular flexibility index (Phi) is 6.92. The van der Waals surface area contributed by atoms with E-state index in [4.69, 9.17) is 9.84 Å². The molecule has 0 saturated carbocycles. The summed E-state index contributed by atoms with van der Waals surface area (Å²) in [5.74, 6) is -2.37. The van der Waals surface area contributed by atoms with E-state index in [1.165, 1.54) is 17.7 Å². The molecular weight excluding hydrogens is 448 g/mol. The van der Waals surface area contributed by atoms with Crippen LogP contribution in [0.5, 0.6) is 11.5 Å². The molecule has 0 unspecified atom stereocenters. The number of carbonyl (C=O) groups is 2. The van der Waals surface area contributed by atoms with Crippen molar-refractivity contribution < 1.29 is 41.7 Å². The van der Waals surface area contributed by atoms with Crippen LogP contribution in [0.3, 0.4) is 0 Å². The van der Waals surface area contributed by atoms with Gasteiger partial charge in [0.2, 0.25) is 5.91 Å². The van der Waals surface area contributed by atoms with Crippen LogP contribution in [-0.4, -0.2) is 48.1 Å². The Morgan fingerprint density at radius 2 is 1.82 bits per heavy atom. The molecule has 2 N–H and O–H groups in total. The molecule has 1 aromatic heterocycles. The van der Waals surface area contributed by atoms with Gasteiger partial charge in [0.15, 0.2) is 11.6 Å². The standard InChI is InChI=1S/C22H20F4N2O5/c1-12-15(10-20(30)27-7-8-29)16-9-19(32-2)17(23)11-18(16)28(12)21(31)13-3-5-14(6-4-13)33-22(24,25)26/h3-6,9,11,29H,7-8,10H2,1-2H3,(H,27,30). The van der Waals surface area contributed by atoms with Crippen LogP contribution < -0.4 is 14.8 Å². The number of amides is 1. The number of aliphatic hydroxyl groups excluding tert-OH is 1. The van der Waals surface area contributed by atoms with Crippen molar-refractivity contribution in [1.82, 2.24) is 9.88 Å². The second-order valence-corrected chi connectivity index (χ2v) is 7.03. The Morgan fingerprint density at radius 1 is 1.15 bits per heavy atom. The molecule has 3 rings (SSSR count). The summed E-state index contributed by atoms with van der Waals surface area (Å²) in [5, 5.41) is 11.8. The minimum absolute atomic E-state index is 0.0250. The highest BCUT2D eigenvalue weighted by molar-refractivity contribution is 6.05. The summed E-state index contributed by atoms with van der Waals surface area (Å²) in [5.41, 5.74) is 0.968. The predicted molar refractivity (Wildman–Crippen MR) is 110 cm³/mol. The number of halogens is 4. The highest BCUT2D eigenvalue weighted by Crippen LogP contribution is 2.33. The first-order valence-corrected chi connectivity index (χ1v) is 9.71. The molecule has 7 nitrogen and oxygen atoms in total. The fraction of sp³-hybridized carbons (Fsp3) is 0.273. The summed E-state index contributed by atoms with van der Waals surface area (Å²) in [7, 11) is 1.28. The Hall–Kier alpha value is -3.60. The molecule has 0 saturated heterocycles. The number of aromatic nitrogens is 1. The number of methoxy groups -OCH3 is 1. The summed E-state index contributed by atoms with van der Waals surface area (Å²) >= 11 is 0. The van der Waals surface area contributed by atoms with Gasteiger partial charge in [-0.05, 0) is 42.8 Å². The highest BCUT2D eigenvalue weighted by atomic mass is 19.4. The first kappa shape index (κ1) is 24.1. The predicted octanol–water partition coefficient (Wildman–Crippen LogP) is 3.34. The number of carbonyl (C=O) groups excluding carboxylic acids is 2. The smallest absolute Gasteiger partial charge is 0.494 e. The van der Waals surface area contributed by atoms with E-state index in [2.05, 4.69) is 10.1 Å². The van der Waals surface area contributed by atoms with E-state index in [0.717, 1.165) is 30.3 Å². The Bertz CT molecular complexity index is 1190. The summed E-state index contributed by atoms with van der Waals surface area (Å²) in [6.45, 7) is 1.36. The molecule has 0 fully saturated rings. The lowest BCUT2D eigenvalue weighted by Crippen LogP contribution is -2.28. The van der Waals surface area contributed by atoms with Gasteiger partial charge in [-0.2, -0.15) is 0 Å². The van der Waals surface area contributed by atoms with Crippen molar-refractivity contribution in [2.45, 2.75) is 19.7 Å². The van der Waals surface area contributed by atoms with Crippen LogP contribution in [0.2, 0.25) is 0 Å². The lowest BCUT2D eigenvalue weighted by atomic mass is 10.1. The topological polar surface area (TPSA) is 89.8 Å². The fourth-order valence-corrected chi connectivity index (χ4v) is 3.47. The van der Waals surface area contributed by atoms with Crippen molar-refractivity contribution in [2.75, 3.05) is 20.3 Å². The summed E-state index contributed by atoms with van der Waals surface area (Å²) < 4.78 is 61.7.